The van der Waals surface area contributed by atoms with Crippen LogP contribution in [0.15, 0.2) is 12.1 Å². The number of imidazole rings is 1. The van der Waals surface area contributed by atoms with Crippen LogP contribution in [-0.2, 0) is 0 Å². The van der Waals surface area contributed by atoms with Gasteiger partial charge in [-0.2, -0.15) is 0 Å². The maximum absolute atomic E-state index is 14.0. The predicted octanol–water partition coefficient (Wildman–Crippen LogP) is 4.73. The zero-order chi connectivity index (χ0) is 13.6. The molecular formula is C14H16F2N2S. The smallest absolute Gasteiger partial charge is 0.184 e. The van der Waals surface area contributed by atoms with Gasteiger partial charge in [0.05, 0.1) is 5.52 Å². The maximum atomic E-state index is 14.0. The average Bonchev–Trinajstić information content (AvgIpc) is 2.72. The van der Waals surface area contributed by atoms with Gasteiger partial charge in [-0.15, -0.1) is 0 Å². The molecule has 0 radical (unpaired) electrons. The zero-order valence-electron chi connectivity index (χ0n) is 10.7. The molecule has 0 amide bonds. The molecule has 1 fully saturated rings. The summed E-state index contributed by atoms with van der Waals surface area (Å²) >= 11 is 5.28. The van der Waals surface area contributed by atoms with Gasteiger partial charge in [-0.3, -0.25) is 0 Å². The highest BCUT2D eigenvalue weighted by Gasteiger charge is 2.24. The van der Waals surface area contributed by atoms with E-state index in [0.717, 1.165) is 31.7 Å². The molecule has 2 aromatic rings. The SMILES string of the molecule is CC1CCC(n2c(=S)[nH]c3ccc(F)c(F)c32)CC1. The van der Waals surface area contributed by atoms with Crippen molar-refractivity contribution in [2.75, 3.05) is 0 Å². The summed E-state index contributed by atoms with van der Waals surface area (Å²) in [7, 11) is 0. The van der Waals surface area contributed by atoms with E-state index in [9.17, 15) is 8.78 Å². The van der Waals surface area contributed by atoms with Crippen molar-refractivity contribution in [1.29, 1.82) is 0 Å². The van der Waals surface area contributed by atoms with Crippen LogP contribution in [0.4, 0.5) is 8.78 Å². The van der Waals surface area contributed by atoms with E-state index in [1.807, 2.05) is 0 Å². The molecule has 0 unspecified atom stereocenters. The van der Waals surface area contributed by atoms with E-state index in [1.54, 1.807) is 10.6 Å². The Morgan fingerprint density at radius 3 is 2.58 bits per heavy atom. The van der Waals surface area contributed by atoms with Gasteiger partial charge in [-0.25, -0.2) is 8.78 Å². The Bertz CT molecular complexity index is 666. The van der Waals surface area contributed by atoms with Crippen LogP contribution >= 0.6 is 12.2 Å². The quantitative estimate of drug-likeness (QED) is 0.750. The largest absolute Gasteiger partial charge is 0.330 e. The summed E-state index contributed by atoms with van der Waals surface area (Å²) in [5, 5.41) is 0. The van der Waals surface area contributed by atoms with Crippen LogP contribution < -0.4 is 0 Å². The molecule has 1 saturated carbocycles. The molecule has 0 saturated heterocycles. The molecule has 1 heterocycles. The van der Waals surface area contributed by atoms with Crippen molar-refractivity contribution >= 4 is 23.3 Å². The number of H-pyrrole nitrogens is 1. The lowest BCUT2D eigenvalue weighted by molar-refractivity contribution is 0.291. The number of aromatic nitrogens is 2. The van der Waals surface area contributed by atoms with Gasteiger partial charge in [0.15, 0.2) is 16.4 Å². The number of benzene rings is 1. The fourth-order valence-corrected chi connectivity index (χ4v) is 3.35. The molecule has 1 aromatic carbocycles. The number of fused-ring (bicyclic) bond motifs is 1. The van der Waals surface area contributed by atoms with E-state index in [2.05, 4.69) is 11.9 Å². The fourth-order valence-electron chi connectivity index (χ4n) is 3.00. The number of halogens is 2. The van der Waals surface area contributed by atoms with Crippen LogP contribution in [0.2, 0.25) is 0 Å². The number of aromatic amines is 1. The lowest BCUT2D eigenvalue weighted by Gasteiger charge is -2.27. The van der Waals surface area contributed by atoms with Gasteiger partial charge in [0.1, 0.15) is 5.52 Å². The van der Waals surface area contributed by atoms with E-state index in [1.165, 1.54) is 0 Å². The first-order valence-electron chi connectivity index (χ1n) is 6.66. The number of rotatable bonds is 1. The second-order valence-electron chi connectivity index (χ2n) is 5.47. The van der Waals surface area contributed by atoms with Crippen LogP contribution in [-0.4, -0.2) is 9.55 Å². The Hall–Kier alpha value is -1.23. The molecule has 5 heteroatoms. The van der Waals surface area contributed by atoms with E-state index < -0.39 is 11.6 Å². The Kier molecular flexibility index (Phi) is 3.17. The van der Waals surface area contributed by atoms with Crippen LogP contribution in [0, 0.1) is 22.3 Å². The van der Waals surface area contributed by atoms with Crippen molar-refractivity contribution in [3.05, 3.63) is 28.5 Å². The second kappa shape index (κ2) is 4.71. The van der Waals surface area contributed by atoms with Crippen LogP contribution in [0.5, 0.6) is 0 Å². The molecule has 1 aromatic heterocycles. The number of hydrogen-bond donors (Lipinski definition) is 1. The molecular weight excluding hydrogens is 266 g/mol. The summed E-state index contributed by atoms with van der Waals surface area (Å²) in [5.41, 5.74) is 0.854. The minimum absolute atomic E-state index is 0.175. The monoisotopic (exact) mass is 282 g/mol. The molecule has 3 rings (SSSR count). The lowest BCUT2D eigenvalue weighted by Crippen LogP contribution is -2.17. The Labute approximate surface area is 115 Å². The molecule has 1 aliphatic rings. The second-order valence-corrected chi connectivity index (χ2v) is 5.86. The normalized spacial score (nSPS) is 23.9. The first kappa shape index (κ1) is 12.8. The Balaban J connectivity index is 2.15. The van der Waals surface area contributed by atoms with Crippen molar-refractivity contribution in [2.24, 2.45) is 5.92 Å². The standard InChI is InChI=1S/C14H16F2N2S/c1-8-2-4-9(5-3-8)18-13-11(17-14(18)19)7-6-10(15)12(13)16/h6-9H,2-5H2,1H3,(H,17,19). The van der Waals surface area contributed by atoms with Gasteiger partial charge in [0, 0.05) is 6.04 Å². The minimum atomic E-state index is -0.820. The molecule has 1 N–H and O–H groups in total. The summed E-state index contributed by atoms with van der Waals surface area (Å²) in [5.74, 6) is -0.917. The molecule has 1 aliphatic carbocycles. The molecule has 102 valence electrons. The first-order chi connectivity index (χ1) is 9.08. The topological polar surface area (TPSA) is 20.7 Å². The molecule has 0 aliphatic heterocycles. The highest BCUT2D eigenvalue weighted by atomic mass is 32.1. The molecule has 2 nitrogen and oxygen atoms in total. The van der Waals surface area contributed by atoms with Gasteiger partial charge >= 0.3 is 0 Å². The highest BCUT2D eigenvalue weighted by molar-refractivity contribution is 7.71. The fraction of sp³-hybridized carbons (Fsp3) is 0.500. The minimum Gasteiger partial charge on any atom is -0.330 e. The first-order valence-corrected chi connectivity index (χ1v) is 7.07. The number of hydrogen-bond acceptors (Lipinski definition) is 1. The summed E-state index contributed by atoms with van der Waals surface area (Å²) in [6.45, 7) is 2.23. The predicted molar refractivity (Wildman–Crippen MR) is 73.7 cm³/mol. The van der Waals surface area contributed by atoms with Gasteiger partial charge in [0.2, 0.25) is 0 Å². The number of nitrogens with zero attached hydrogens (tertiary/aromatic N) is 1. The molecule has 19 heavy (non-hydrogen) atoms. The molecule has 0 spiro atoms. The van der Waals surface area contributed by atoms with E-state index >= 15 is 0 Å². The Morgan fingerprint density at radius 2 is 1.89 bits per heavy atom. The average molecular weight is 282 g/mol. The van der Waals surface area contributed by atoms with Gasteiger partial charge < -0.3 is 9.55 Å². The molecule has 0 atom stereocenters. The Morgan fingerprint density at radius 1 is 1.21 bits per heavy atom. The van der Waals surface area contributed by atoms with Crippen molar-refractivity contribution in [3.63, 3.8) is 0 Å². The van der Waals surface area contributed by atoms with Crippen molar-refractivity contribution < 1.29 is 8.78 Å². The van der Waals surface area contributed by atoms with Crippen LogP contribution in [0.1, 0.15) is 38.6 Å². The third-order valence-electron chi connectivity index (χ3n) is 4.12. The van der Waals surface area contributed by atoms with E-state index in [4.69, 9.17) is 12.2 Å². The van der Waals surface area contributed by atoms with Crippen LogP contribution in [0.25, 0.3) is 11.0 Å². The van der Waals surface area contributed by atoms with Gasteiger partial charge in [-0.1, -0.05) is 6.92 Å². The highest BCUT2D eigenvalue weighted by Crippen LogP contribution is 2.35. The lowest BCUT2D eigenvalue weighted by atomic mass is 9.87. The summed E-state index contributed by atoms with van der Waals surface area (Å²) in [4.78, 5) is 2.97. The molecule has 0 bridgehead atoms. The summed E-state index contributed by atoms with van der Waals surface area (Å²) in [6, 6.07) is 2.86. The van der Waals surface area contributed by atoms with Crippen molar-refractivity contribution in [2.45, 2.75) is 38.6 Å². The third-order valence-corrected chi connectivity index (χ3v) is 4.42. The summed E-state index contributed by atoms with van der Waals surface area (Å²) < 4.78 is 29.7. The maximum Gasteiger partial charge on any atom is 0.184 e. The zero-order valence-corrected chi connectivity index (χ0v) is 11.6. The van der Waals surface area contributed by atoms with Crippen molar-refractivity contribution in [1.82, 2.24) is 9.55 Å². The van der Waals surface area contributed by atoms with E-state index in [-0.39, 0.29) is 11.6 Å². The van der Waals surface area contributed by atoms with Crippen molar-refractivity contribution in [3.8, 4) is 0 Å². The number of nitrogens with one attached hydrogen (secondary N) is 1. The van der Waals surface area contributed by atoms with E-state index in [0.29, 0.717) is 16.2 Å². The van der Waals surface area contributed by atoms with Crippen LogP contribution in [0.3, 0.4) is 0 Å². The third kappa shape index (κ3) is 2.10. The van der Waals surface area contributed by atoms with Gasteiger partial charge in [-0.05, 0) is 56.0 Å². The van der Waals surface area contributed by atoms with Gasteiger partial charge in [0.25, 0.3) is 0 Å². The summed E-state index contributed by atoms with van der Waals surface area (Å²) in [6.07, 6.45) is 4.16.